The number of anilines is 1. The Morgan fingerprint density at radius 2 is 1.97 bits per heavy atom. The Labute approximate surface area is 233 Å². The average molecular weight is 599 g/mol. The van der Waals surface area contributed by atoms with Crippen LogP contribution in [0.15, 0.2) is 65.1 Å². The van der Waals surface area contributed by atoms with E-state index in [-0.39, 0.29) is 16.9 Å². The van der Waals surface area contributed by atoms with Gasteiger partial charge in [-0.3, -0.25) is 19.8 Å². The molecule has 196 valence electrons. The first-order chi connectivity index (χ1) is 18.4. The van der Waals surface area contributed by atoms with Gasteiger partial charge in [-0.15, -0.1) is 0 Å². The van der Waals surface area contributed by atoms with Crippen LogP contribution < -0.4 is 14.8 Å². The van der Waals surface area contributed by atoms with Crippen molar-refractivity contribution in [2.45, 2.75) is 43.0 Å². The fourth-order valence-electron chi connectivity index (χ4n) is 6.58. The fourth-order valence-corrected chi connectivity index (χ4v) is 7.28. The van der Waals surface area contributed by atoms with Gasteiger partial charge >= 0.3 is 0 Å². The van der Waals surface area contributed by atoms with Gasteiger partial charge in [0.15, 0.2) is 17.0 Å². The van der Waals surface area contributed by atoms with Crippen molar-refractivity contribution in [2.24, 2.45) is 0 Å². The Hall–Kier alpha value is -3.14. The molecule has 0 unspecified atom stereocenters. The quantitative estimate of drug-likeness (QED) is 0.287. The van der Waals surface area contributed by atoms with E-state index in [4.69, 9.17) is 21.1 Å². The highest BCUT2D eigenvalue weighted by atomic mass is 79.9. The average Bonchev–Trinajstić information content (AvgIpc) is 3.57. The van der Waals surface area contributed by atoms with Crippen molar-refractivity contribution >= 4 is 39.1 Å². The lowest BCUT2D eigenvalue weighted by Crippen LogP contribution is -2.55. The smallest absolute Gasteiger partial charge is 0.256 e. The molecule has 0 bridgehead atoms. The first-order valence-electron chi connectivity index (χ1n) is 12.4. The largest absolute Gasteiger partial charge is 0.493 e. The molecule has 8 nitrogen and oxygen atoms in total. The first-order valence-corrected chi connectivity index (χ1v) is 13.6. The maximum absolute atomic E-state index is 13.7. The number of methoxy groups -OCH3 is 1. The number of fused-ring (bicyclic) bond motifs is 4. The van der Waals surface area contributed by atoms with Gasteiger partial charge in [0.05, 0.1) is 17.5 Å². The van der Waals surface area contributed by atoms with E-state index in [1.165, 1.54) is 0 Å². The number of nitro groups is 1. The van der Waals surface area contributed by atoms with Gasteiger partial charge < -0.3 is 14.8 Å². The Bertz CT molecular complexity index is 1430. The Morgan fingerprint density at radius 1 is 1.21 bits per heavy atom. The second-order valence-corrected chi connectivity index (χ2v) is 11.2. The van der Waals surface area contributed by atoms with Crippen molar-refractivity contribution in [3.8, 4) is 11.5 Å². The standard InChI is InChI=1S/C28H25BrClN3O5/c1-37-23-14-17(13-20(29)25(23)38-15-16-8-10-18(30)11-9-16)24-22-7-4-12-32(22)28(26(24)33(35)36)19-5-2-3-6-21(19)31-27(28)34/h2-3,5-6,8-11,13-14,22,24,26H,4,7,12,15H2,1H3,(H,31,34)/t22-,24+,26+,28-/m0/s1. The van der Waals surface area contributed by atoms with E-state index in [1.54, 1.807) is 19.2 Å². The number of carbonyl (C=O) groups is 1. The van der Waals surface area contributed by atoms with Crippen molar-refractivity contribution in [1.29, 1.82) is 0 Å². The van der Waals surface area contributed by atoms with Gasteiger partial charge in [0.1, 0.15) is 6.61 Å². The summed E-state index contributed by atoms with van der Waals surface area (Å²) in [6.45, 7) is 0.913. The van der Waals surface area contributed by atoms with Gasteiger partial charge in [-0.25, -0.2) is 0 Å². The van der Waals surface area contributed by atoms with Crippen LogP contribution in [0, 0.1) is 10.1 Å². The molecule has 3 aromatic rings. The molecule has 1 N–H and O–H groups in total. The summed E-state index contributed by atoms with van der Waals surface area (Å²) < 4.78 is 12.4. The van der Waals surface area contributed by atoms with Crippen molar-refractivity contribution in [3.05, 3.63) is 97.0 Å². The summed E-state index contributed by atoms with van der Waals surface area (Å²) in [6.07, 6.45) is 1.63. The summed E-state index contributed by atoms with van der Waals surface area (Å²) >= 11 is 9.62. The van der Waals surface area contributed by atoms with Gasteiger partial charge in [-0.2, -0.15) is 0 Å². The number of halogens is 2. The molecule has 0 radical (unpaired) electrons. The molecule has 38 heavy (non-hydrogen) atoms. The molecular weight excluding hydrogens is 574 g/mol. The van der Waals surface area contributed by atoms with Gasteiger partial charge in [0.2, 0.25) is 0 Å². The van der Waals surface area contributed by atoms with Crippen LogP contribution in [0.1, 0.15) is 35.4 Å². The number of benzene rings is 3. The SMILES string of the molecule is COc1cc([C@@H]2[C@@H]3CCCN3[C@]3(C(=O)Nc4ccccc43)[C@@H]2[N+](=O)[O-])cc(Br)c1OCc1ccc(Cl)cc1. The Balaban J connectivity index is 1.42. The van der Waals surface area contributed by atoms with E-state index in [9.17, 15) is 14.9 Å². The molecule has 3 aliphatic rings. The zero-order valence-electron chi connectivity index (χ0n) is 20.5. The maximum atomic E-state index is 13.7. The van der Waals surface area contributed by atoms with Crippen molar-refractivity contribution < 1.29 is 19.2 Å². The van der Waals surface area contributed by atoms with Crippen LogP contribution in [0.3, 0.4) is 0 Å². The normalized spacial score (nSPS) is 25.8. The number of hydrogen-bond acceptors (Lipinski definition) is 6. The highest BCUT2D eigenvalue weighted by Gasteiger charge is 2.73. The summed E-state index contributed by atoms with van der Waals surface area (Å²) in [6, 6.07) is 17.0. The number of carbonyl (C=O) groups excluding carboxylic acids is 1. The number of ether oxygens (including phenoxy) is 2. The van der Waals surface area contributed by atoms with Crippen LogP contribution in [0.5, 0.6) is 11.5 Å². The van der Waals surface area contributed by atoms with Crippen LogP contribution in [0.4, 0.5) is 5.69 Å². The molecule has 6 rings (SSSR count). The van der Waals surface area contributed by atoms with Crippen LogP contribution >= 0.6 is 27.5 Å². The number of amides is 1. The third-order valence-electron chi connectivity index (χ3n) is 8.03. The minimum Gasteiger partial charge on any atom is -0.493 e. The predicted molar refractivity (Wildman–Crippen MR) is 146 cm³/mol. The van der Waals surface area contributed by atoms with E-state index < -0.39 is 17.5 Å². The number of nitrogens with zero attached hydrogens (tertiary/aromatic N) is 2. The van der Waals surface area contributed by atoms with Crippen molar-refractivity contribution in [3.63, 3.8) is 0 Å². The number of hydrogen-bond donors (Lipinski definition) is 1. The van der Waals surface area contributed by atoms with Gasteiger partial charge in [-0.1, -0.05) is 41.9 Å². The summed E-state index contributed by atoms with van der Waals surface area (Å²) in [5.41, 5.74) is 1.62. The second-order valence-electron chi connectivity index (χ2n) is 9.87. The number of para-hydroxylation sites is 1. The lowest BCUT2D eigenvalue weighted by atomic mass is 9.77. The molecule has 10 heteroatoms. The molecule has 3 aliphatic heterocycles. The van der Waals surface area contributed by atoms with Crippen LogP contribution in [-0.2, 0) is 16.9 Å². The van der Waals surface area contributed by atoms with E-state index in [2.05, 4.69) is 26.1 Å². The first kappa shape index (κ1) is 25.2. The van der Waals surface area contributed by atoms with Crippen molar-refractivity contribution in [1.82, 2.24) is 4.90 Å². The highest BCUT2D eigenvalue weighted by Crippen LogP contribution is 2.58. The van der Waals surface area contributed by atoms with Crippen LogP contribution in [0.25, 0.3) is 0 Å². The molecular formula is C28H25BrClN3O5. The molecule has 0 aromatic heterocycles. The van der Waals surface area contributed by atoms with Crippen molar-refractivity contribution in [2.75, 3.05) is 19.0 Å². The van der Waals surface area contributed by atoms with E-state index in [0.717, 1.165) is 24.0 Å². The highest BCUT2D eigenvalue weighted by molar-refractivity contribution is 9.10. The topological polar surface area (TPSA) is 93.9 Å². The molecule has 2 fully saturated rings. The molecule has 3 aromatic carbocycles. The Kier molecular flexibility index (Phi) is 6.32. The summed E-state index contributed by atoms with van der Waals surface area (Å²) in [5.74, 6) is 0.111. The Morgan fingerprint density at radius 3 is 2.71 bits per heavy atom. The lowest BCUT2D eigenvalue weighted by molar-refractivity contribution is -0.534. The molecule has 0 aliphatic carbocycles. The maximum Gasteiger partial charge on any atom is 0.256 e. The number of rotatable bonds is 6. The van der Waals surface area contributed by atoms with Gasteiger partial charge in [-0.05, 0) is 70.2 Å². The molecule has 0 saturated carbocycles. The summed E-state index contributed by atoms with van der Waals surface area (Å²) in [5, 5.41) is 16.4. The van der Waals surface area contributed by atoms with Crippen LogP contribution in [0.2, 0.25) is 5.02 Å². The molecule has 3 heterocycles. The second kappa shape index (κ2) is 9.55. The third-order valence-corrected chi connectivity index (χ3v) is 8.87. The van der Waals surface area contributed by atoms with Gasteiger partial charge in [0.25, 0.3) is 11.9 Å². The van der Waals surface area contributed by atoms with E-state index >= 15 is 0 Å². The monoisotopic (exact) mass is 597 g/mol. The minimum atomic E-state index is -1.37. The predicted octanol–water partition coefficient (Wildman–Crippen LogP) is 5.74. The fraction of sp³-hybridized carbons (Fsp3) is 0.321. The molecule has 2 saturated heterocycles. The zero-order valence-corrected chi connectivity index (χ0v) is 22.9. The third kappa shape index (κ3) is 3.71. The molecule has 4 atom stereocenters. The summed E-state index contributed by atoms with van der Waals surface area (Å²) in [7, 11) is 1.55. The van der Waals surface area contributed by atoms with Gasteiger partial charge in [0, 0.05) is 33.8 Å². The number of nitrogens with one attached hydrogen (secondary N) is 1. The van der Waals surface area contributed by atoms with E-state index in [0.29, 0.717) is 45.4 Å². The molecule has 1 amide bonds. The van der Waals surface area contributed by atoms with E-state index in [1.807, 2.05) is 48.5 Å². The summed E-state index contributed by atoms with van der Waals surface area (Å²) in [4.78, 5) is 28.3. The lowest BCUT2D eigenvalue weighted by Gasteiger charge is -2.32. The van der Waals surface area contributed by atoms with Crippen LogP contribution in [-0.4, -0.2) is 41.5 Å². The molecule has 1 spiro atoms. The minimum absolute atomic E-state index is 0.167. The zero-order chi connectivity index (χ0) is 26.6.